The normalized spacial score (nSPS) is 9.57. The van der Waals surface area contributed by atoms with E-state index in [-0.39, 0.29) is 12.5 Å². The van der Waals surface area contributed by atoms with Gasteiger partial charge < -0.3 is 10.6 Å². The number of halogens is 1. The van der Waals surface area contributed by atoms with E-state index < -0.39 is 5.95 Å². The highest BCUT2D eigenvalue weighted by molar-refractivity contribution is 5.80. The molecule has 0 aliphatic carbocycles. The maximum Gasteiger partial charge on any atom is 0.239 e. The molecule has 1 amide bonds. The number of hydrogen-bond acceptors (Lipinski definition) is 3. The Morgan fingerprint density at radius 3 is 3.00 bits per heavy atom. The molecule has 1 aromatic rings. The second kappa shape index (κ2) is 5.16. The summed E-state index contributed by atoms with van der Waals surface area (Å²) in [6.45, 7) is 2.51. The quantitative estimate of drug-likeness (QED) is 0.701. The van der Waals surface area contributed by atoms with Crippen molar-refractivity contribution in [3.05, 3.63) is 24.1 Å². The van der Waals surface area contributed by atoms with Gasteiger partial charge in [-0.15, -0.1) is 0 Å². The molecular formula is C9H12FN3O. The minimum atomic E-state index is -0.564. The van der Waals surface area contributed by atoms with E-state index in [1.807, 2.05) is 6.92 Å². The fourth-order valence-electron chi connectivity index (χ4n) is 0.937. The van der Waals surface area contributed by atoms with E-state index in [0.29, 0.717) is 12.4 Å². The maximum atomic E-state index is 12.6. The van der Waals surface area contributed by atoms with Crippen LogP contribution in [-0.2, 0) is 4.79 Å². The zero-order valence-electron chi connectivity index (χ0n) is 7.88. The number of carbonyl (C=O) groups excluding carboxylic acids is 1. The van der Waals surface area contributed by atoms with Gasteiger partial charge in [-0.3, -0.25) is 4.79 Å². The number of likely N-dealkylation sites (N-methyl/N-ethyl adjacent to an activating group) is 1. The van der Waals surface area contributed by atoms with Crippen molar-refractivity contribution in [2.75, 3.05) is 18.4 Å². The lowest BCUT2D eigenvalue weighted by Gasteiger charge is -2.04. The number of amides is 1. The molecule has 0 unspecified atom stereocenters. The van der Waals surface area contributed by atoms with E-state index in [0.717, 1.165) is 0 Å². The van der Waals surface area contributed by atoms with E-state index >= 15 is 0 Å². The molecular weight excluding hydrogens is 185 g/mol. The van der Waals surface area contributed by atoms with Crippen molar-refractivity contribution in [1.82, 2.24) is 10.3 Å². The Bertz CT molecular complexity index is 317. The van der Waals surface area contributed by atoms with Crippen LogP contribution in [0, 0.1) is 5.95 Å². The van der Waals surface area contributed by atoms with Crippen molar-refractivity contribution >= 4 is 11.7 Å². The molecule has 4 nitrogen and oxygen atoms in total. The molecule has 0 saturated heterocycles. The third-order valence-electron chi connectivity index (χ3n) is 1.52. The van der Waals surface area contributed by atoms with Crippen LogP contribution in [0.5, 0.6) is 0 Å². The molecule has 0 aromatic carbocycles. The summed E-state index contributed by atoms with van der Waals surface area (Å²) in [6, 6.07) is 4.38. The second-order valence-corrected chi connectivity index (χ2v) is 2.65. The molecule has 14 heavy (non-hydrogen) atoms. The molecule has 1 aromatic heterocycles. The SMILES string of the molecule is CCNC(=O)CNc1cccc(F)n1. The smallest absolute Gasteiger partial charge is 0.239 e. The van der Waals surface area contributed by atoms with Gasteiger partial charge in [0.15, 0.2) is 0 Å². The molecule has 76 valence electrons. The number of pyridine rings is 1. The Morgan fingerprint density at radius 2 is 2.36 bits per heavy atom. The molecule has 0 radical (unpaired) electrons. The first-order valence-electron chi connectivity index (χ1n) is 4.35. The highest BCUT2D eigenvalue weighted by atomic mass is 19.1. The summed E-state index contributed by atoms with van der Waals surface area (Å²) >= 11 is 0. The van der Waals surface area contributed by atoms with Crippen molar-refractivity contribution in [3.8, 4) is 0 Å². The zero-order chi connectivity index (χ0) is 10.4. The molecule has 0 bridgehead atoms. The van der Waals surface area contributed by atoms with Crippen LogP contribution in [0.1, 0.15) is 6.92 Å². The van der Waals surface area contributed by atoms with Crippen molar-refractivity contribution in [3.63, 3.8) is 0 Å². The highest BCUT2D eigenvalue weighted by Gasteiger charge is 2.00. The fourth-order valence-corrected chi connectivity index (χ4v) is 0.937. The standard InChI is InChI=1S/C9H12FN3O/c1-2-11-9(14)6-12-8-5-3-4-7(10)13-8/h3-5H,2,6H2,1H3,(H,11,14)(H,12,13). The number of nitrogens with one attached hydrogen (secondary N) is 2. The summed E-state index contributed by atoms with van der Waals surface area (Å²) in [6.07, 6.45) is 0. The summed E-state index contributed by atoms with van der Waals surface area (Å²) in [5, 5.41) is 5.31. The van der Waals surface area contributed by atoms with E-state index in [4.69, 9.17) is 0 Å². The summed E-state index contributed by atoms with van der Waals surface area (Å²) < 4.78 is 12.6. The first-order chi connectivity index (χ1) is 6.72. The number of aromatic nitrogens is 1. The van der Waals surface area contributed by atoms with Crippen molar-refractivity contribution in [1.29, 1.82) is 0 Å². The van der Waals surface area contributed by atoms with Crippen LogP contribution >= 0.6 is 0 Å². The summed E-state index contributed by atoms with van der Waals surface area (Å²) in [4.78, 5) is 14.6. The molecule has 1 rings (SSSR count). The lowest BCUT2D eigenvalue weighted by molar-refractivity contribution is -0.119. The van der Waals surface area contributed by atoms with E-state index in [1.54, 1.807) is 6.07 Å². The zero-order valence-corrected chi connectivity index (χ0v) is 7.88. The van der Waals surface area contributed by atoms with Crippen LogP contribution in [0.4, 0.5) is 10.2 Å². The van der Waals surface area contributed by atoms with Gasteiger partial charge in [-0.2, -0.15) is 4.39 Å². The van der Waals surface area contributed by atoms with Crippen LogP contribution in [0.25, 0.3) is 0 Å². The van der Waals surface area contributed by atoms with Crippen LogP contribution in [0.2, 0.25) is 0 Å². The Balaban J connectivity index is 2.41. The molecule has 0 atom stereocenters. The first kappa shape index (κ1) is 10.4. The summed E-state index contributed by atoms with van der Waals surface area (Å²) in [5.74, 6) is -0.347. The van der Waals surface area contributed by atoms with Crippen LogP contribution < -0.4 is 10.6 Å². The Labute approximate surface area is 81.5 Å². The number of hydrogen-bond donors (Lipinski definition) is 2. The molecule has 0 saturated carbocycles. The number of rotatable bonds is 4. The average Bonchev–Trinajstić information content (AvgIpc) is 2.15. The predicted molar refractivity (Wildman–Crippen MR) is 51.4 cm³/mol. The number of carbonyl (C=O) groups is 1. The van der Waals surface area contributed by atoms with Crippen molar-refractivity contribution in [2.45, 2.75) is 6.92 Å². The van der Waals surface area contributed by atoms with Crippen LogP contribution in [-0.4, -0.2) is 24.0 Å². The summed E-state index contributed by atoms with van der Waals surface area (Å²) in [5.41, 5.74) is 0. The molecule has 0 fully saturated rings. The van der Waals surface area contributed by atoms with Gasteiger partial charge in [0.1, 0.15) is 5.82 Å². The van der Waals surface area contributed by atoms with Gasteiger partial charge in [0.2, 0.25) is 11.9 Å². The van der Waals surface area contributed by atoms with E-state index in [9.17, 15) is 9.18 Å². The lowest BCUT2D eigenvalue weighted by atomic mass is 10.4. The van der Waals surface area contributed by atoms with Gasteiger partial charge in [-0.1, -0.05) is 6.07 Å². The molecule has 0 spiro atoms. The Morgan fingerprint density at radius 1 is 1.57 bits per heavy atom. The monoisotopic (exact) mass is 197 g/mol. The van der Waals surface area contributed by atoms with Crippen LogP contribution in [0.3, 0.4) is 0 Å². The second-order valence-electron chi connectivity index (χ2n) is 2.65. The Kier molecular flexibility index (Phi) is 3.84. The number of anilines is 1. The van der Waals surface area contributed by atoms with Gasteiger partial charge in [-0.05, 0) is 19.1 Å². The Hall–Kier alpha value is -1.65. The largest absolute Gasteiger partial charge is 0.361 e. The van der Waals surface area contributed by atoms with Gasteiger partial charge in [0, 0.05) is 6.54 Å². The topological polar surface area (TPSA) is 54.0 Å². The lowest BCUT2D eigenvalue weighted by Crippen LogP contribution is -2.29. The van der Waals surface area contributed by atoms with Crippen LogP contribution in [0.15, 0.2) is 18.2 Å². The minimum Gasteiger partial charge on any atom is -0.361 e. The molecule has 0 aliphatic heterocycles. The van der Waals surface area contributed by atoms with Gasteiger partial charge in [0.05, 0.1) is 6.54 Å². The average molecular weight is 197 g/mol. The van der Waals surface area contributed by atoms with Gasteiger partial charge >= 0.3 is 0 Å². The fraction of sp³-hybridized carbons (Fsp3) is 0.333. The first-order valence-corrected chi connectivity index (χ1v) is 4.35. The maximum absolute atomic E-state index is 12.6. The molecule has 2 N–H and O–H groups in total. The van der Waals surface area contributed by atoms with Gasteiger partial charge in [0.25, 0.3) is 0 Å². The number of nitrogens with zero attached hydrogens (tertiary/aromatic N) is 1. The minimum absolute atomic E-state index is 0.101. The third-order valence-corrected chi connectivity index (χ3v) is 1.52. The highest BCUT2D eigenvalue weighted by Crippen LogP contribution is 2.02. The molecule has 1 heterocycles. The third kappa shape index (κ3) is 3.38. The predicted octanol–water partition coefficient (Wildman–Crippen LogP) is 0.769. The van der Waals surface area contributed by atoms with E-state index in [1.165, 1.54) is 12.1 Å². The van der Waals surface area contributed by atoms with Crippen molar-refractivity contribution in [2.24, 2.45) is 0 Å². The van der Waals surface area contributed by atoms with Gasteiger partial charge in [-0.25, -0.2) is 4.98 Å². The van der Waals surface area contributed by atoms with E-state index in [2.05, 4.69) is 15.6 Å². The molecule has 5 heteroatoms. The van der Waals surface area contributed by atoms with Crippen molar-refractivity contribution < 1.29 is 9.18 Å². The molecule has 0 aliphatic rings. The summed E-state index contributed by atoms with van der Waals surface area (Å²) in [7, 11) is 0.